The molecule has 0 bridgehead atoms. The number of carbonyl (C=O) groups excluding carboxylic acids is 1. The van der Waals surface area contributed by atoms with E-state index in [4.69, 9.17) is 31.0 Å². The predicted octanol–water partition coefficient (Wildman–Crippen LogP) is 8.32. The summed E-state index contributed by atoms with van der Waals surface area (Å²) in [5.41, 5.74) is 1.30. The van der Waals surface area contributed by atoms with Crippen molar-refractivity contribution in [3.8, 4) is 23.0 Å². The number of benzene rings is 2. The Balaban J connectivity index is 1.14. The Kier molecular flexibility index (Phi) is 10.9. The van der Waals surface area contributed by atoms with Crippen molar-refractivity contribution in [3.63, 3.8) is 0 Å². The number of hydrogen-bond donors (Lipinski definition) is 1. The minimum atomic E-state index is -0.737. The Morgan fingerprint density at radius 3 is 2.62 bits per heavy atom. The van der Waals surface area contributed by atoms with Gasteiger partial charge in [-0.25, -0.2) is 8.78 Å². The first-order chi connectivity index (χ1) is 28.9. The standard InChI is InChI=1S/C45H53ClF2N8O4/c1-6-30-33(47)12-11-27-20-29(57)21-31(36(27)30)39-38(48)40-32(22-49-39)42(54-15-9-17-56-34(23-54)37(46)41(52-56)43(58)53(4)5)51-44(50-40)59-24-45-13-7-10-35(45)55(16-8-14-45)28-18-25(2)60-26(3)19-28/h11-12,20-22,25-26,28,35,57H,6-10,13-19,23-24H2,1-5H3/t25-,26+,28?,35?,45-/m1/s1. The Morgan fingerprint density at radius 2 is 1.85 bits per heavy atom. The number of aryl methyl sites for hydroxylation is 2. The topological polar surface area (TPSA) is 122 Å². The highest BCUT2D eigenvalue weighted by molar-refractivity contribution is 6.34. The molecule has 4 aliphatic rings. The van der Waals surface area contributed by atoms with Gasteiger partial charge in [0.15, 0.2) is 11.5 Å². The number of pyridine rings is 1. The number of likely N-dealkylation sites (tertiary alicyclic amines) is 1. The lowest BCUT2D eigenvalue weighted by atomic mass is 9.74. The molecule has 5 aromatic rings. The zero-order valence-corrected chi connectivity index (χ0v) is 35.7. The van der Waals surface area contributed by atoms with Gasteiger partial charge in [0.05, 0.1) is 41.5 Å². The second-order valence-corrected chi connectivity index (χ2v) is 18.0. The number of rotatable bonds is 8. The van der Waals surface area contributed by atoms with Gasteiger partial charge in [-0.1, -0.05) is 31.0 Å². The fourth-order valence-electron chi connectivity index (χ4n) is 10.8. The van der Waals surface area contributed by atoms with Crippen LogP contribution in [0.2, 0.25) is 5.02 Å². The second-order valence-electron chi connectivity index (χ2n) is 17.6. The fourth-order valence-corrected chi connectivity index (χ4v) is 11.1. The van der Waals surface area contributed by atoms with E-state index in [-0.39, 0.29) is 69.3 Å². The van der Waals surface area contributed by atoms with Crippen LogP contribution in [0.3, 0.4) is 0 Å². The quantitative estimate of drug-likeness (QED) is 0.163. The number of halogens is 3. The van der Waals surface area contributed by atoms with E-state index in [1.165, 1.54) is 17.0 Å². The van der Waals surface area contributed by atoms with E-state index >= 15 is 8.78 Å². The zero-order chi connectivity index (χ0) is 42.0. The lowest BCUT2D eigenvalue weighted by Crippen LogP contribution is -2.57. The van der Waals surface area contributed by atoms with Crippen molar-refractivity contribution in [2.45, 2.75) is 116 Å². The van der Waals surface area contributed by atoms with Gasteiger partial charge >= 0.3 is 6.01 Å². The van der Waals surface area contributed by atoms with Crippen LogP contribution < -0.4 is 9.64 Å². The van der Waals surface area contributed by atoms with Crippen molar-refractivity contribution in [2.24, 2.45) is 5.41 Å². The zero-order valence-electron chi connectivity index (χ0n) is 35.0. The van der Waals surface area contributed by atoms with Gasteiger partial charge in [-0.3, -0.25) is 19.4 Å². The number of phenols is 1. The lowest BCUT2D eigenvalue weighted by molar-refractivity contribution is -0.0967. The number of anilines is 1. The molecule has 2 unspecified atom stereocenters. The molecule has 0 radical (unpaired) electrons. The summed E-state index contributed by atoms with van der Waals surface area (Å²) in [7, 11) is 3.31. The van der Waals surface area contributed by atoms with Crippen LogP contribution in [-0.4, -0.2) is 104 Å². The summed E-state index contributed by atoms with van der Waals surface area (Å²) in [5, 5.41) is 17.1. The van der Waals surface area contributed by atoms with E-state index < -0.39 is 11.6 Å². The molecule has 3 fully saturated rings. The van der Waals surface area contributed by atoms with Crippen LogP contribution in [0.15, 0.2) is 30.5 Å². The summed E-state index contributed by atoms with van der Waals surface area (Å²) in [4.78, 5) is 33.7. The number of aromatic hydroxyl groups is 1. The average Bonchev–Trinajstić information content (AvgIpc) is 3.71. The Morgan fingerprint density at radius 1 is 1.07 bits per heavy atom. The van der Waals surface area contributed by atoms with Crippen LogP contribution in [0, 0.1) is 17.0 Å². The van der Waals surface area contributed by atoms with E-state index in [1.807, 2.05) is 11.8 Å². The third-order valence-corrected chi connectivity index (χ3v) is 13.8. The van der Waals surface area contributed by atoms with Crippen LogP contribution in [-0.2, 0) is 24.2 Å². The highest BCUT2D eigenvalue weighted by atomic mass is 35.5. The first-order valence-corrected chi connectivity index (χ1v) is 21.8. The van der Waals surface area contributed by atoms with Crippen molar-refractivity contribution in [1.82, 2.24) is 34.5 Å². The minimum absolute atomic E-state index is 0.00538. The summed E-state index contributed by atoms with van der Waals surface area (Å²) in [6.07, 6.45) is 10.3. The fraction of sp³-hybridized carbons (Fsp3) is 0.533. The number of nitrogens with zero attached hydrogens (tertiary/aromatic N) is 8. The maximum absolute atomic E-state index is 17.5. The summed E-state index contributed by atoms with van der Waals surface area (Å²) in [6, 6.07) is 6.75. The van der Waals surface area contributed by atoms with Gasteiger partial charge in [0.2, 0.25) is 0 Å². The van der Waals surface area contributed by atoms with Gasteiger partial charge in [-0.2, -0.15) is 15.1 Å². The number of carbonyl (C=O) groups is 1. The summed E-state index contributed by atoms with van der Waals surface area (Å²) in [5.74, 6) is -1.14. The van der Waals surface area contributed by atoms with E-state index in [2.05, 4.69) is 28.8 Å². The molecule has 60 heavy (non-hydrogen) atoms. The smallest absolute Gasteiger partial charge is 0.319 e. The Bertz CT molecular complexity index is 2470. The second kappa shape index (κ2) is 16.0. The molecule has 0 spiro atoms. The van der Waals surface area contributed by atoms with Crippen molar-refractivity contribution in [1.29, 1.82) is 0 Å². The molecule has 2 saturated heterocycles. The summed E-state index contributed by atoms with van der Waals surface area (Å²) in [6.45, 7) is 8.89. The molecule has 3 aromatic heterocycles. The molecule has 15 heteroatoms. The maximum atomic E-state index is 17.5. The van der Waals surface area contributed by atoms with Gasteiger partial charge in [-0.15, -0.1) is 0 Å². The Labute approximate surface area is 353 Å². The molecule has 5 atom stereocenters. The van der Waals surface area contributed by atoms with E-state index in [9.17, 15) is 9.90 Å². The normalized spacial score (nSPS) is 24.7. The number of fused-ring (bicyclic) bond motifs is 4. The molecular weight excluding hydrogens is 790 g/mol. The molecule has 3 aliphatic heterocycles. The average molecular weight is 843 g/mol. The van der Waals surface area contributed by atoms with E-state index in [1.54, 1.807) is 37.1 Å². The van der Waals surface area contributed by atoms with E-state index in [0.29, 0.717) is 77.9 Å². The third kappa shape index (κ3) is 7.11. The monoisotopic (exact) mass is 842 g/mol. The molecule has 12 nitrogen and oxygen atoms in total. The molecule has 318 valence electrons. The van der Waals surface area contributed by atoms with Crippen LogP contribution >= 0.6 is 11.6 Å². The number of ether oxygens (including phenoxy) is 2. The highest BCUT2D eigenvalue weighted by Gasteiger charge is 2.51. The maximum Gasteiger partial charge on any atom is 0.319 e. The number of hydrogen-bond acceptors (Lipinski definition) is 10. The number of amides is 1. The summed E-state index contributed by atoms with van der Waals surface area (Å²) < 4.78 is 47.3. The number of piperidine rings is 1. The van der Waals surface area contributed by atoms with Gasteiger partial charge in [0, 0.05) is 56.4 Å². The molecule has 1 saturated carbocycles. The van der Waals surface area contributed by atoms with Crippen molar-refractivity contribution >= 4 is 45.0 Å². The highest BCUT2D eigenvalue weighted by Crippen LogP contribution is 2.50. The molecule has 1 amide bonds. The van der Waals surface area contributed by atoms with Gasteiger partial charge in [-0.05, 0) is 106 Å². The molecular formula is C45H53ClF2N8O4. The largest absolute Gasteiger partial charge is 0.508 e. The van der Waals surface area contributed by atoms with Crippen molar-refractivity contribution in [3.05, 3.63) is 64.1 Å². The predicted molar refractivity (Wildman–Crippen MR) is 227 cm³/mol. The van der Waals surface area contributed by atoms with Crippen LogP contribution in [0.4, 0.5) is 14.6 Å². The molecule has 1 aliphatic carbocycles. The van der Waals surface area contributed by atoms with Gasteiger partial charge in [0.25, 0.3) is 5.91 Å². The molecule has 1 N–H and O–H groups in total. The summed E-state index contributed by atoms with van der Waals surface area (Å²) >= 11 is 6.89. The van der Waals surface area contributed by atoms with Crippen LogP contribution in [0.25, 0.3) is 32.9 Å². The van der Waals surface area contributed by atoms with Gasteiger partial charge < -0.3 is 24.4 Å². The Hall–Kier alpha value is -4.66. The van der Waals surface area contributed by atoms with Crippen LogP contribution in [0.1, 0.15) is 93.9 Å². The number of phenolic OH excluding ortho intramolecular Hbond substituents is 1. The lowest BCUT2D eigenvalue weighted by Gasteiger charge is -2.51. The van der Waals surface area contributed by atoms with Crippen molar-refractivity contribution < 1.29 is 28.2 Å². The first kappa shape index (κ1) is 40.7. The molecule has 6 heterocycles. The molecule has 2 aromatic carbocycles. The van der Waals surface area contributed by atoms with E-state index in [0.717, 1.165) is 51.5 Å². The van der Waals surface area contributed by atoms with Crippen LogP contribution in [0.5, 0.6) is 11.8 Å². The number of aromatic nitrogens is 5. The first-order valence-electron chi connectivity index (χ1n) is 21.4. The molecule has 9 rings (SSSR count). The van der Waals surface area contributed by atoms with Crippen molar-refractivity contribution in [2.75, 3.05) is 38.7 Å². The van der Waals surface area contributed by atoms with Gasteiger partial charge in [0.1, 0.15) is 28.6 Å². The third-order valence-electron chi connectivity index (χ3n) is 13.4. The SMILES string of the molecule is CCc1c(F)ccc2cc(O)cc(-c3ncc4c(N5CCCn6nc(C(=O)N(C)C)c(Cl)c6C5)nc(OC[C@]56CCCC5N(C5C[C@@H](C)O[C@@H](C)C5)CCC6)nc4c3F)c12. The minimum Gasteiger partial charge on any atom is -0.508 e.